The molecule has 1 aliphatic heterocycles. The van der Waals surface area contributed by atoms with Crippen molar-refractivity contribution < 1.29 is 18.0 Å². The highest BCUT2D eigenvalue weighted by Gasteiger charge is 2.31. The number of anilines is 2. The number of piperazine rings is 1. The number of amides is 1. The summed E-state index contributed by atoms with van der Waals surface area (Å²) in [6.45, 7) is 4.21. The Balaban J connectivity index is 1.54. The Morgan fingerprint density at radius 3 is 2.29 bits per heavy atom. The van der Waals surface area contributed by atoms with E-state index in [1.165, 1.54) is 6.07 Å². The molecule has 0 bridgehead atoms. The maximum Gasteiger partial charge on any atom is 0.417 e. The lowest BCUT2D eigenvalue weighted by molar-refractivity contribution is -0.137. The number of carbonyl (C=O) groups excluding carboxylic acids is 1. The smallest absolute Gasteiger partial charge is 0.354 e. The number of benzene rings is 1. The zero-order valence-corrected chi connectivity index (χ0v) is 16.0. The number of aromatic nitrogens is 1. The quantitative estimate of drug-likeness (QED) is 0.827. The molecular weight excluding hydrogens is 393 g/mol. The number of rotatable bonds is 4. The molecule has 2 heterocycles. The van der Waals surface area contributed by atoms with E-state index in [2.05, 4.69) is 10.3 Å². The topological polar surface area (TPSA) is 48.5 Å². The van der Waals surface area contributed by atoms with Gasteiger partial charge in [0.2, 0.25) is 5.91 Å². The summed E-state index contributed by atoms with van der Waals surface area (Å²) in [5.41, 5.74) is -0.0868. The molecule has 9 heteroatoms. The van der Waals surface area contributed by atoms with Gasteiger partial charge >= 0.3 is 6.18 Å². The van der Waals surface area contributed by atoms with Gasteiger partial charge in [0, 0.05) is 43.1 Å². The van der Waals surface area contributed by atoms with Gasteiger partial charge in [0.15, 0.2) is 0 Å². The SMILES string of the molecule is CC(C(=O)Nc1ccc(Cl)cc1)N1CCN(c2ccc(C(F)(F)F)cn2)CC1. The van der Waals surface area contributed by atoms with Crippen LogP contribution in [0.15, 0.2) is 42.6 Å². The van der Waals surface area contributed by atoms with Crippen molar-refractivity contribution in [3.05, 3.63) is 53.2 Å². The van der Waals surface area contributed by atoms with Gasteiger partial charge < -0.3 is 10.2 Å². The molecule has 3 rings (SSSR count). The lowest BCUT2D eigenvalue weighted by Crippen LogP contribution is -2.53. The van der Waals surface area contributed by atoms with E-state index in [1.54, 1.807) is 24.3 Å². The van der Waals surface area contributed by atoms with Crippen LogP contribution in [0.25, 0.3) is 0 Å². The Kier molecular flexibility index (Phi) is 6.10. The summed E-state index contributed by atoms with van der Waals surface area (Å²) in [5.74, 6) is 0.384. The predicted octanol–water partition coefficient (Wildman–Crippen LogP) is 3.90. The van der Waals surface area contributed by atoms with Gasteiger partial charge in [0.25, 0.3) is 0 Å². The number of nitrogens with one attached hydrogen (secondary N) is 1. The first-order chi connectivity index (χ1) is 13.2. The molecule has 1 aliphatic rings. The van der Waals surface area contributed by atoms with Crippen molar-refractivity contribution in [2.75, 3.05) is 36.4 Å². The second kappa shape index (κ2) is 8.36. The summed E-state index contributed by atoms with van der Waals surface area (Å²) < 4.78 is 37.9. The molecule has 1 atom stereocenters. The largest absolute Gasteiger partial charge is 0.417 e. The molecule has 1 amide bonds. The fourth-order valence-corrected chi connectivity index (χ4v) is 3.15. The molecule has 1 fully saturated rings. The Hall–Kier alpha value is -2.32. The van der Waals surface area contributed by atoms with Gasteiger partial charge in [-0.05, 0) is 43.3 Å². The van der Waals surface area contributed by atoms with Crippen LogP contribution in [0, 0.1) is 0 Å². The van der Waals surface area contributed by atoms with E-state index < -0.39 is 11.7 Å². The minimum Gasteiger partial charge on any atom is -0.354 e. The van der Waals surface area contributed by atoms with E-state index in [0.29, 0.717) is 42.7 Å². The minimum atomic E-state index is -4.39. The van der Waals surface area contributed by atoms with Crippen molar-refractivity contribution in [2.45, 2.75) is 19.1 Å². The monoisotopic (exact) mass is 412 g/mol. The van der Waals surface area contributed by atoms with E-state index in [-0.39, 0.29) is 11.9 Å². The van der Waals surface area contributed by atoms with Gasteiger partial charge in [-0.3, -0.25) is 9.69 Å². The summed E-state index contributed by atoms with van der Waals surface area (Å²) in [6.07, 6.45) is -3.54. The molecule has 1 aromatic carbocycles. The van der Waals surface area contributed by atoms with Crippen molar-refractivity contribution in [1.29, 1.82) is 0 Å². The van der Waals surface area contributed by atoms with Crippen LogP contribution in [-0.4, -0.2) is 48.0 Å². The minimum absolute atomic E-state index is 0.122. The molecule has 1 N–H and O–H groups in total. The Bertz CT molecular complexity index is 803. The fraction of sp³-hybridized carbons (Fsp3) is 0.368. The van der Waals surface area contributed by atoms with E-state index in [1.807, 2.05) is 16.7 Å². The number of halogens is 4. The molecule has 5 nitrogen and oxygen atoms in total. The number of nitrogens with zero attached hydrogens (tertiary/aromatic N) is 3. The van der Waals surface area contributed by atoms with Crippen molar-refractivity contribution in [3.8, 4) is 0 Å². The average Bonchev–Trinajstić information content (AvgIpc) is 2.69. The van der Waals surface area contributed by atoms with Crippen LogP contribution >= 0.6 is 11.6 Å². The number of pyridine rings is 1. The van der Waals surface area contributed by atoms with Gasteiger partial charge in [0.1, 0.15) is 5.82 Å². The molecule has 1 unspecified atom stereocenters. The zero-order chi connectivity index (χ0) is 20.3. The molecular formula is C19H20ClF3N4O. The van der Waals surface area contributed by atoms with Gasteiger partial charge in [0.05, 0.1) is 11.6 Å². The maximum absolute atomic E-state index is 12.6. The number of alkyl halides is 3. The van der Waals surface area contributed by atoms with Crippen molar-refractivity contribution in [2.24, 2.45) is 0 Å². The highest BCUT2D eigenvalue weighted by atomic mass is 35.5. The lowest BCUT2D eigenvalue weighted by Gasteiger charge is -2.38. The number of hydrogen-bond acceptors (Lipinski definition) is 4. The molecule has 0 spiro atoms. The first kappa shape index (κ1) is 20.4. The van der Waals surface area contributed by atoms with E-state index >= 15 is 0 Å². The van der Waals surface area contributed by atoms with Crippen LogP contribution in [0.3, 0.4) is 0 Å². The van der Waals surface area contributed by atoms with Crippen LogP contribution < -0.4 is 10.2 Å². The van der Waals surface area contributed by atoms with Gasteiger partial charge in [-0.25, -0.2) is 4.98 Å². The first-order valence-corrected chi connectivity index (χ1v) is 9.20. The van der Waals surface area contributed by atoms with Crippen LogP contribution in [0.2, 0.25) is 5.02 Å². The van der Waals surface area contributed by atoms with Gasteiger partial charge in [-0.15, -0.1) is 0 Å². The summed E-state index contributed by atoms with van der Waals surface area (Å²) in [6, 6.07) is 8.97. The maximum atomic E-state index is 12.6. The van der Waals surface area contributed by atoms with Crippen LogP contribution in [0.5, 0.6) is 0 Å². The van der Waals surface area contributed by atoms with E-state index in [9.17, 15) is 18.0 Å². The molecule has 0 aliphatic carbocycles. The van der Waals surface area contributed by atoms with Crippen LogP contribution in [-0.2, 0) is 11.0 Å². The Morgan fingerprint density at radius 2 is 1.75 bits per heavy atom. The summed E-state index contributed by atoms with van der Waals surface area (Å²) in [7, 11) is 0. The molecule has 0 radical (unpaired) electrons. The second-order valence-corrected chi connectivity index (χ2v) is 7.03. The molecule has 28 heavy (non-hydrogen) atoms. The highest BCUT2D eigenvalue weighted by molar-refractivity contribution is 6.30. The number of hydrogen-bond donors (Lipinski definition) is 1. The number of carbonyl (C=O) groups is 1. The van der Waals surface area contributed by atoms with Crippen molar-refractivity contribution in [1.82, 2.24) is 9.88 Å². The zero-order valence-electron chi connectivity index (χ0n) is 15.2. The normalized spacial score (nSPS) is 16.7. The van der Waals surface area contributed by atoms with E-state index in [4.69, 9.17) is 11.6 Å². The van der Waals surface area contributed by atoms with Gasteiger partial charge in [-0.2, -0.15) is 13.2 Å². The molecule has 0 saturated carbocycles. The average molecular weight is 413 g/mol. The lowest BCUT2D eigenvalue weighted by atomic mass is 10.2. The summed E-state index contributed by atoms with van der Waals surface area (Å²) in [4.78, 5) is 20.3. The van der Waals surface area contributed by atoms with Crippen LogP contribution in [0.4, 0.5) is 24.7 Å². The highest BCUT2D eigenvalue weighted by Crippen LogP contribution is 2.29. The Labute approximate surface area is 166 Å². The Morgan fingerprint density at radius 1 is 1.11 bits per heavy atom. The van der Waals surface area contributed by atoms with E-state index in [0.717, 1.165) is 12.3 Å². The van der Waals surface area contributed by atoms with Crippen molar-refractivity contribution in [3.63, 3.8) is 0 Å². The summed E-state index contributed by atoms with van der Waals surface area (Å²) in [5, 5.41) is 3.45. The van der Waals surface area contributed by atoms with Crippen LogP contribution in [0.1, 0.15) is 12.5 Å². The predicted molar refractivity (Wildman–Crippen MR) is 103 cm³/mol. The summed E-state index contributed by atoms with van der Waals surface area (Å²) >= 11 is 5.84. The third-order valence-electron chi connectivity index (χ3n) is 4.75. The van der Waals surface area contributed by atoms with Crippen molar-refractivity contribution >= 4 is 29.0 Å². The molecule has 150 valence electrons. The van der Waals surface area contributed by atoms with Gasteiger partial charge in [-0.1, -0.05) is 11.6 Å². The standard InChI is InChI=1S/C19H20ClF3N4O/c1-13(18(28)25-16-5-3-15(20)4-6-16)26-8-10-27(11-9-26)17-7-2-14(12-24-17)19(21,22)23/h2-7,12-13H,8-11H2,1H3,(H,25,28). The molecule has 1 saturated heterocycles. The second-order valence-electron chi connectivity index (χ2n) is 6.60. The third kappa shape index (κ3) is 4.94. The third-order valence-corrected chi connectivity index (χ3v) is 5.00. The fourth-order valence-electron chi connectivity index (χ4n) is 3.02. The molecule has 2 aromatic rings. The first-order valence-electron chi connectivity index (χ1n) is 8.83. The molecule has 1 aromatic heterocycles.